The molecule has 33 heavy (non-hydrogen) atoms. The fraction of sp³-hybridized carbons (Fsp3) is 0.280. The maximum Gasteiger partial charge on any atom is 0.412 e. The third-order valence-electron chi connectivity index (χ3n) is 5.01. The van der Waals surface area contributed by atoms with Crippen molar-refractivity contribution in [3.63, 3.8) is 0 Å². The number of aromatic hydroxyl groups is 1. The van der Waals surface area contributed by atoms with Crippen molar-refractivity contribution in [3.8, 4) is 5.75 Å². The molecule has 0 aliphatic rings. The van der Waals surface area contributed by atoms with Gasteiger partial charge in [0.1, 0.15) is 11.9 Å². The fourth-order valence-electron chi connectivity index (χ4n) is 3.55. The lowest BCUT2D eigenvalue weighted by Gasteiger charge is -2.28. The summed E-state index contributed by atoms with van der Waals surface area (Å²) in [5.74, 6) is -0.345. The van der Waals surface area contributed by atoms with Crippen molar-refractivity contribution in [3.05, 3.63) is 72.3 Å². The second-order valence-corrected chi connectivity index (χ2v) is 7.51. The predicted octanol–water partition coefficient (Wildman–Crippen LogP) is 5.10. The number of amides is 1. The molecule has 0 fully saturated rings. The molecular weight excluding hydrogens is 442 g/mol. The van der Waals surface area contributed by atoms with Crippen LogP contribution in [0.2, 0.25) is 0 Å². The highest BCUT2D eigenvalue weighted by Gasteiger charge is 2.30. The van der Waals surface area contributed by atoms with E-state index in [4.69, 9.17) is 14.2 Å². The van der Waals surface area contributed by atoms with Crippen molar-refractivity contribution in [1.82, 2.24) is 0 Å². The van der Waals surface area contributed by atoms with Gasteiger partial charge in [-0.05, 0) is 30.5 Å². The highest BCUT2D eigenvalue weighted by atomic mass is 32.1. The molecule has 0 heterocycles. The number of anilines is 1. The average Bonchev–Trinajstić information content (AvgIpc) is 2.83. The van der Waals surface area contributed by atoms with Gasteiger partial charge in [0.15, 0.2) is 6.10 Å². The number of para-hydroxylation sites is 1. The van der Waals surface area contributed by atoms with Gasteiger partial charge in [-0.1, -0.05) is 48.5 Å². The van der Waals surface area contributed by atoms with E-state index in [0.29, 0.717) is 29.7 Å². The van der Waals surface area contributed by atoms with Crippen LogP contribution in [-0.2, 0) is 19.0 Å². The zero-order valence-electron chi connectivity index (χ0n) is 18.3. The van der Waals surface area contributed by atoms with Crippen molar-refractivity contribution in [2.45, 2.75) is 25.6 Å². The van der Waals surface area contributed by atoms with Crippen LogP contribution in [0.25, 0.3) is 10.8 Å². The molecular formula is C25H27NO6S. The van der Waals surface area contributed by atoms with Crippen LogP contribution in [-0.4, -0.2) is 42.2 Å². The van der Waals surface area contributed by atoms with E-state index >= 15 is 0 Å². The second-order valence-electron chi connectivity index (χ2n) is 7.20. The van der Waals surface area contributed by atoms with E-state index in [9.17, 15) is 14.7 Å². The lowest BCUT2D eigenvalue weighted by Crippen LogP contribution is -2.30. The summed E-state index contributed by atoms with van der Waals surface area (Å²) in [5, 5.41) is 14.4. The molecule has 3 aromatic carbocycles. The molecule has 0 spiro atoms. The number of phenols is 1. The summed E-state index contributed by atoms with van der Waals surface area (Å²) < 4.78 is 17.0. The zero-order chi connectivity index (χ0) is 23.6. The van der Waals surface area contributed by atoms with E-state index in [-0.39, 0.29) is 18.1 Å². The van der Waals surface area contributed by atoms with E-state index in [1.165, 1.54) is 0 Å². The molecule has 1 amide bonds. The van der Waals surface area contributed by atoms with Crippen LogP contribution in [0.1, 0.15) is 25.0 Å². The Bertz CT molecular complexity index is 1070. The molecule has 0 bridgehead atoms. The minimum Gasteiger partial charge on any atom is -0.507 e. The zero-order valence-corrected chi connectivity index (χ0v) is 19.2. The number of hydrogen-bond donors (Lipinski definition) is 3. The predicted molar refractivity (Wildman–Crippen MR) is 130 cm³/mol. The molecule has 0 unspecified atom stereocenters. The number of benzene rings is 3. The molecule has 7 nitrogen and oxygen atoms in total. The fourth-order valence-corrected chi connectivity index (χ4v) is 3.64. The van der Waals surface area contributed by atoms with Crippen molar-refractivity contribution in [2.75, 3.05) is 24.3 Å². The third kappa shape index (κ3) is 6.63. The molecule has 0 saturated carbocycles. The molecule has 3 aromatic rings. The minimum atomic E-state index is -0.825. The van der Waals surface area contributed by atoms with E-state index in [2.05, 4.69) is 17.9 Å². The summed E-state index contributed by atoms with van der Waals surface area (Å²) in [6, 6.07) is 19.5. The van der Waals surface area contributed by atoms with Gasteiger partial charge >= 0.3 is 12.1 Å². The van der Waals surface area contributed by atoms with E-state index < -0.39 is 24.3 Å². The van der Waals surface area contributed by atoms with Crippen LogP contribution in [0.15, 0.2) is 66.7 Å². The molecule has 2 atom stereocenters. The van der Waals surface area contributed by atoms with Gasteiger partial charge in [-0.3, -0.25) is 10.1 Å². The molecule has 174 valence electrons. The smallest absolute Gasteiger partial charge is 0.412 e. The quantitative estimate of drug-likeness (QED) is 0.282. The first kappa shape index (κ1) is 24.4. The Balaban J connectivity index is 1.93. The largest absolute Gasteiger partial charge is 0.507 e. The average molecular weight is 470 g/mol. The van der Waals surface area contributed by atoms with Crippen LogP contribution in [0.4, 0.5) is 10.5 Å². The van der Waals surface area contributed by atoms with Gasteiger partial charge in [0.05, 0.1) is 12.4 Å². The first-order valence-electron chi connectivity index (χ1n) is 10.6. The lowest BCUT2D eigenvalue weighted by atomic mass is 9.95. The second kappa shape index (κ2) is 12.1. The Labute approximate surface area is 198 Å². The molecule has 0 saturated heterocycles. The van der Waals surface area contributed by atoms with Crippen LogP contribution in [0.5, 0.6) is 5.75 Å². The first-order valence-corrected chi connectivity index (χ1v) is 11.3. The Kier molecular flexibility index (Phi) is 8.97. The van der Waals surface area contributed by atoms with Crippen molar-refractivity contribution >= 4 is 41.2 Å². The van der Waals surface area contributed by atoms with Gasteiger partial charge in [0.2, 0.25) is 0 Å². The number of ether oxygens (including phenoxy) is 3. The highest BCUT2D eigenvalue weighted by Crippen LogP contribution is 2.35. The summed E-state index contributed by atoms with van der Waals surface area (Å²) in [4.78, 5) is 24.3. The van der Waals surface area contributed by atoms with Crippen LogP contribution >= 0.6 is 12.6 Å². The van der Waals surface area contributed by atoms with E-state index in [1.54, 1.807) is 42.5 Å². The van der Waals surface area contributed by atoms with Crippen LogP contribution < -0.4 is 5.32 Å². The number of rotatable bonds is 10. The highest BCUT2D eigenvalue weighted by molar-refractivity contribution is 7.81. The molecule has 8 heteroatoms. The van der Waals surface area contributed by atoms with E-state index in [1.807, 2.05) is 31.2 Å². The Hall–Kier alpha value is -3.23. The topological polar surface area (TPSA) is 94.1 Å². The Morgan fingerprint density at radius 1 is 1.00 bits per heavy atom. The Morgan fingerprint density at radius 3 is 2.39 bits per heavy atom. The maximum atomic E-state index is 12.8. The first-order chi connectivity index (χ1) is 16.0. The number of nitrogens with one attached hydrogen (secondary N) is 1. The molecule has 0 radical (unpaired) electrons. The molecule has 0 aliphatic heterocycles. The summed E-state index contributed by atoms with van der Waals surface area (Å²) >= 11 is 3.91. The van der Waals surface area contributed by atoms with Crippen LogP contribution in [0.3, 0.4) is 0 Å². The van der Waals surface area contributed by atoms with E-state index in [0.717, 1.165) is 5.39 Å². The normalized spacial score (nSPS) is 12.7. The number of thiol groups is 1. The third-order valence-corrected chi connectivity index (χ3v) is 5.27. The number of carbonyl (C=O) groups is 2. The SMILES string of the molecule is CCO[C@@H](CCOC(=O)CS)[C@@H](OC(=O)Nc1ccccc1)c1ccc(O)c2ccccc12. The van der Waals surface area contributed by atoms with Gasteiger partial charge < -0.3 is 19.3 Å². The number of hydrogen-bond acceptors (Lipinski definition) is 7. The van der Waals surface area contributed by atoms with Crippen molar-refractivity contribution < 1.29 is 28.9 Å². The van der Waals surface area contributed by atoms with Gasteiger partial charge in [-0.2, -0.15) is 12.6 Å². The number of phenolic OH excluding ortho intramolecular Hbond substituents is 1. The summed E-state index contributed by atoms with van der Waals surface area (Å²) in [7, 11) is 0. The molecule has 2 N–H and O–H groups in total. The van der Waals surface area contributed by atoms with Gasteiger partial charge in [-0.15, -0.1) is 0 Å². The Morgan fingerprint density at radius 2 is 1.70 bits per heavy atom. The van der Waals surface area contributed by atoms with Crippen molar-refractivity contribution in [2.24, 2.45) is 0 Å². The summed E-state index contributed by atoms with van der Waals surface area (Å²) in [5.41, 5.74) is 1.26. The monoisotopic (exact) mass is 469 g/mol. The summed E-state index contributed by atoms with van der Waals surface area (Å²) in [6.07, 6.45) is -1.78. The standard InChI is InChI=1S/C25H27NO6S/c1-2-30-22(14-15-31-23(28)16-33)24(32-25(29)26-17-8-4-3-5-9-17)20-12-13-21(27)19-11-7-6-10-18(19)20/h3-13,22,24,27,33H,2,14-16H2,1H3,(H,26,29)/t22-,24-/m0/s1. The maximum absolute atomic E-state index is 12.8. The minimum absolute atomic E-state index is 0.0265. The van der Waals surface area contributed by atoms with Gasteiger partial charge in [0, 0.05) is 29.7 Å². The molecule has 0 aliphatic carbocycles. The van der Waals surface area contributed by atoms with Gasteiger partial charge in [0.25, 0.3) is 0 Å². The number of carbonyl (C=O) groups excluding carboxylic acids is 2. The number of esters is 1. The number of fused-ring (bicyclic) bond motifs is 1. The van der Waals surface area contributed by atoms with Gasteiger partial charge in [-0.25, -0.2) is 4.79 Å². The molecule has 3 rings (SSSR count). The van der Waals surface area contributed by atoms with Crippen molar-refractivity contribution in [1.29, 1.82) is 0 Å². The summed E-state index contributed by atoms with van der Waals surface area (Å²) in [6.45, 7) is 2.28. The lowest BCUT2D eigenvalue weighted by molar-refractivity contribution is -0.142. The van der Waals surface area contributed by atoms with Crippen LogP contribution in [0, 0.1) is 0 Å². The molecule has 0 aromatic heterocycles.